The van der Waals surface area contributed by atoms with E-state index in [-0.39, 0.29) is 5.41 Å². The molecule has 2 heterocycles. The first kappa shape index (κ1) is 29.6. The van der Waals surface area contributed by atoms with Crippen LogP contribution < -0.4 is 9.64 Å². The van der Waals surface area contributed by atoms with Crippen LogP contribution in [0.2, 0.25) is 0 Å². The molecule has 11 rings (SSSR count). The van der Waals surface area contributed by atoms with Crippen LogP contribution in [0.4, 0.5) is 17.1 Å². The molecule has 2 nitrogen and oxygen atoms in total. The number of benzene rings is 8. The van der Waals surface area contributed by atoms with Crippen LogP contribution in [-0.2, 0) is 5.41 Å². The van der Waals surface area contributed by atoms with Crippen LogP contribution in [0.15, 0.2) is 164 Å². The first-order chi connectivity index (χ1) is 25.5. The molecule has 9 aromatic rings. The number of hydrogen-bond acceptors (Lipinski definition) is 3. The molecule has 0 unspecified atom stereocenters. The topological polar surface area (TPSA) is 12.5 Å². The normalized spacial score (nSPS) is 13.5. The Kier molecular flexibility index (Phi) is 6.21. The predicted octanol–water partition coefficient (Wildman–Crippen LogP) is 14.4. The minimum atomic E-state index is -0.120. The highest BCUT2D eigenvalue weighted by molar-refractivity contribution is 7.26. The minimum absolute atomic E-state index is 0.120. The van der Waals surface area contributed by atoms with E-state index in [1.807, 2.05) is 11.3 Å². The van der Waals surface area contributed by atoms with E-state index in [4.69, 9.17) is 4.74 Å². The Bertz CT molecular complexity index is 2920. The number of thiophene rings is 1. The molecule has 1 aliphatic carbocycles. The van der Waals surface area contributed by atoms with Crippen molar-refractivity contribution < 1.29 is 4.74 Å². The molecule has 0 radical (unpaired) electrons. The van der Waals surface area contributed by atoms with Crippen molar-refractivity contribution in [3.05, 3.63) is 175 Å². The molecule has 0 atom stereocenters. The Morgan fingerprint density at radius 3 is 2.12 bits per heavy atom. The van der Waals surface area contributed by atoms with E-state index in [0.717, 1.165) is 44.8 Å². The van der Waals surface area contributed by atoms with Gasteiger partial charge in [-0.1, -0.05) is 123 Å². The molecule has 0 amide bonds. The second kappa shape index (κ2) is 10.9. The number of ether oxygens (including phenoxy) is 1. The lowest BCUT2D eigenvalue weighted by Gasteiger charge is -2.31. The van der Waals surface area contributed by atoms with E-state index in [9.17, 15) is 0 Å². The van der Waals surface area contributed by atoms with Gasteiger partial charge in [-0.05, 0) is 93.5 Å². The average Bonchev–Trinajstić information content (AvgIpc) is 3.68. The fourth-order valence-electron chi connectivity index (χ4n) is 8.80. The molecule has 52 heavy (non-hydrogen) atoms. The highest BCUT2D eigenvalue weighted by Gasteiger charge is 2.36. The van der Waals surface area contributed by atoms with Crippen molar-refractivity contribution in [3.63, 3.8) is 0 Å². The van der Waals surface area contributed by atoms with Crippen molar-refractivity contribution in [2.24, 2.45) is 0 Å². The van der Waals surface area contributed by atoms with Gasteiger partial charge in [0.1, 0.15) is 11.5 Å². The molecule has 1 aliphatic heterocycles. The summed E-state index contributed by atoms with van der Waals surface area (Å²) in [6, 6.07) is 59.8. The lowest BCUT2D eigenvalue weighted by Crippen LogP contribution is -2.17. The lowest BCUT2D eigenvalue weighted by atomic mass is 9.82. The van der Waals surface area contributed by atoms with Crippen LogP contribution >= 0.6 is 11.3 Å². The third-order valence-corrected chi connectivity index (χ3v) is 12.4. The molecule has 3 heteroatoms. The van der Waals surface area contributed by atoms with Crippen LogP contribution in [0, 0.1) is 0 Å². The Morgan fingerprint density at radius 1 is 0.462 bits per heavy atom. The predicted molar refractivity (Wildman–Crippen MR) is 220 cm³/mol. The minimum Gasteiger partial charge on any atom is -0.456 e. The Labute approximate surface area is 306 Å². The maximum Gasteiger partial charge on any atom is 0.136 e. The van der Waals surface area contributed by atoms with Crippen LogP contribution in [0.3, 0.4) is 0 Å². The molecule has 0 fully saturated rings. The van der Waals surface area contributed by atoms with Gasteiger partial charge in [0.15, 0.2) is 0 Å². The summed E-state index contributed by atoms with van der Waals surface area (Å²) in [6.07, 6.45) is 0. The van der Waals surface area contributed by atoms with Crippen molar-refractivity contribution in [1.82, 2.24) is 0 Å². The standard InChI is InChI=1S/C49H33NOS/c1-49(2)39-18-8-6-14-33(39)34-25-23-32(29-40(34)49)50(42-19-11-21-46-48(42)38-15-7-9-20-45(38)52-46)41-26-27-43-47-36(16-10-17-37(41)47)35-24-22-31(28-44(35)51-43)30-12-4-3-5-13-30/h3-29H,1-2H3. The Hall–Kier alpha value is -6.16. The maximum absolute atomic E-state index is 6.78. The smallest absolute Gasteiger partial charge is 0.136 e. The summed E-state index contributed by atoms with van der Waals surface area (Å²) in [4.78, 5) is 2.50. The van der Waals surface area contributed by atoms with E-state index in [1.165, 1.54) is 59.2 Å². The summed E-state index contributed by atoms with van der Waals surface area (Å²) in [7, 11) is 0. The molecule has 0 spiro atoms. The highest BCUT2D eigenvalue weighted by Crippen LogP contribution is 2.55. The number of nitrogens with zero attached hydrogens (tertiary/aromatic N) is 1. The SMILES string of the molecule is CC1(C)c2ccccc2-c2ccc(N(c3ccc4c5c(cccc35)-c3ccc(-c5ccccc5)cc3O4)c3cccc4sc5ccccc5c34)cc21. The van der Waals surface area contributed by atoms with Crippen molar-refractivity contribution in [2.75, 3.05) is 4.90 Å². The van der Waals surface area contributed by atoms with Crippen molar-refractivity contribution >= 4 is 59.3 Å². The van der Waals surface area contributed by atoms with E-state index in [1.54, 1.807) is 0 Å². The second-order valence-corrected chi connectivity index (χ2v) is 15.6. The van der Waals surface area contributed by atoms with Crippen LogP contribution in [0.25, 0.3) is 64.3 Å². The van der Waals surface area contributed by atoms with E-state index >= 15 is 0 Å². The van der Waals surface area contributed by atoms with Crippen molar-refractivity contribution in [1.29, 1.82) is 0 Å². The maximum atomic E-state index is 6.78. The van der Waals surface area contributed by atoms with Gasteiger partial charge in [0.2, 0.25) is 0 Å². The third-order valence-electron chi connectivity index (χ3n) is 11.3. The van der Waals surface area contributed by atoms with Gasteiger partial charge in [-0.2, -0.15) is 0 Å². The number of fused-ring (bicyclic) bond motifs is 8. The van der Waals surface area contributed by atoms with Gasteiger partial charge in [-0.25, -0.2) is 0 Å². The largest absolute Gasteiger partial charge is 0.456 e. The quantitative estimate of drug-likeness (QED) is 0.183. The number of hydrogen-bond donors (Lipinski definition) is 0. The van der Waals surface area contributed by atoms with Crippen LogP contribution in [0.1, 0.15) is 25.0 Å². The van der Waals surface area contributed by atoms with E-state index in [2.05, 4.69) is 183 Å². The zero-order valence-electron chi connectivity index (χ0n) is 28.9. The van der Waals surface area contributed by atoms with Crippen LogP contribution in [0.5, 0.6) is 11.5 Å². The number of anilines is 3. The van der Waals surface area contributed by atoms with Crippen molar-refractivity contribution in [2.45, 2.75) is 19.3 Å². The monoisotopic (exact) mass is 683 g/mol. The second-order valence-electron chi connectivity index (χ2n) is 14.5. The van der Waals surface area contributed by atoms with Gasteiger partial charge in [0.25, 0.3) is 0 Å². The Balaban J connectivity index is 1.16. The van der Waals surface area contributed by atoms with Gasteiger partial charge in [0.05, 0.1) is 11.4 Å². The lowest BCUT2D eigenvalue weighted by molar-refractivity contribution is 0.487. The third kappa shape index (κ3) is 4.17. The fraction of sp³-hybridized carbons (Fsp3) is 0.0612. The Morgan fingerprint density at radius 2 is 1.19 bits per heavy atom. The molecular formula is C49H33NOS. The summed E-state index contributed by atoms with van der Waals surface area (Å²) in [5.41, 5.74) is 13.4. The van der Waals surface area contributed by atoms with Crippen LogP contribution in [-0.4, -0.2) is 0 Å². The van der Waals surface area contributed by atoms with Crippen molar-refractivity contribution in [3.8, 4) is 44.9 Å². The van der Waals surface area contributed by atoms with E-state index in [0.29, 0.717) is 0 Å². The molecule has 1 aromatic heterocycles. The van der Waals surface area contributed by atoms with Gasteiger partial charge in [0, 0.05) is 47.6 Å². The van der Waals surface area contributed by atoms with Gasteiger partial charge in [-0.3, -0.25) is 0 Å². The summed E-state index contributed by atoms with van der Waals surface area (Å²) < 4.78 is 9.36. The average molecular weight is 684 g/mol. The highest BCUT2D eigenvalue weighted by atomic mass is 32.1. The summed E-state index contributed by atoms with van der Waals surface area (Å²) in [5, 5.41) is 4.86. The first-order valence-electron chi connectivity index (χ1n) is 17.9. The number of rotatable bonds is 4. The molecular weight excluding hydrogens is 651 g/mol. The molecule has 8 aromatic carbocycles. The zero-order valence-corrected chi connectivity index (χ0v) is 29.7. The fourth-order valence-corrected chi connectivity index (χ4v) is 9.93. The first-order valence-corrected chi connectivity index (χ1v) is 18.7. The zero-order chi connectivity index (χ0) is 34.6. The molecule has 0 N–H and O–H groups in total. The molecule has 246 valence electrons. The molecule has 0 saturated heterocycles. The summed E-state index contributed by atoms with van der Waals surface area (Å²) in [5.74, 6) is 1.78. The van der Waals surface area contributed by atoms with E-state index < -0.39 is 0 Å². The molecule has 0 saturated carbocycles. The molecule has 2 aliphatic rings. The van der Waals surface area contributed by atoms with Gasteiger partial charge in [-0.15, -0.1) is 11.3 Å². The van der Waals surface area contributed by atoms with Gasteiger partial charge < -0.3 is 9.64 Å². The molecule has 0 bridgehead atoms. The van der Waals surface area contributed by atoms with Gasteiger partial charge >= 0.3 is 0 Å². The summed E-state index contributed by atoms with van der Waals surface area (Å²) in [6.45, 7) is 4.72. The summed E-state index contributed by atoms with van der Waals surface area (Å²) >= 11 is 1.86.